The molecule has 2 aliphatic rings. The summed E-state index contributed by atoms with van der Waals surface area (Å²) >= 11 is 0. The Kier molecular flexibility index (Phi) is 8.01. The molecule has 2 aromatic rings. The Morgan fingerprint density at radius 2 is 1.81 bits per heavy atom. The number of likely N-dealkylation sites (tertiary alicyclic amines) is 2. The molecule has 0 saturated carbocycles. The van der Waals surface area contributed by atoms with E-state index in [2.05, 4.69) is 0 Å². The molecular formula is C27H32FN3O5. The van der Waals surface area contributed by atoms with Gasteiger partial charge in [-0.3, -0.25) is 19.3 Å². The Hall–Kier alpha value is -3.30. The Balaban J connectivity index is 1.30. The summed E-state index contributed by atoms with van der Waals surface area (Å²) in [4.78, 5) is 39.5. The van der Waals surface area contributed by atoms with Gasteiger partial charge in [0.15, 0.2) is 0 Å². The largest absolute Gasteiger partial charge is 0.480 e. The molecule has 1 amide bonds. The molecule has 2 aliphatic heterocycles. The molecule has 0 spiro atoms. The van der Waals surface area contributed by atoms with Crippen LogP contribution in [0.15, 0.2) is 48.5 Å². The lowest BCUT2D eigenvalue weighted by Crippen LogP contribution is -2.49. The molecule has 192 valence electrons. The minimum absolute atomic E-state index is 0.0648. The number of aryl methyl sites for hydroxylation is 1. The van der Waals surface area contributed by atoms with Crippen molar-refractivity contribution in [3.63, 3.8) is 0 Å². The summed E-state index contributed by atoms with van der Waals surface area (Å²) in [5.74, 6) is -2.02. The van der Waals surface area contributed by atoms with E-state index in [1.807, 2.05) is 41.0 Å². The van der Waals surface area contributed by atoms with E-state index >= 15 is 4.39 Å². The van der Waals surface area contributed by atoms with Crippen LogP contribution in [0.4, 0.5) is 4.39 Å². The normalized spacial score (nSPS) is 23.5. The number of halogens is 1. The second kappa shape index (κ2) is 11.2. The number of esters is 1. The molecule has 8 nitrogen and oxygen atoms in total. The number of alkyl halides is 1. The van der Waals surface area contributed by atoms with Crippen molar-refractivity contribution in [2.75, 3.05) is 19.6 Å². The van der Waals surface area contributed by atoms with E-state index in [0.717, 1.165) is 11.1 Å². The topological polar surface area (TPSA) is 113 Å². The molecule has 36 heavy (non-hydrogen) atoms. The number of hydrogen-bond donors (Lipinski definition) is 2. The van der Waals surface area contributed by atoms with E-state index in [4.69, 9.17) is 15.6 Å². The van der Waals surface area contributed by atoms with Crippen LogP contribution in [0.25, 0.3) is 0 Å². The van der Waals surface area contributed by atoms with Crippen LogP contribution in [0.1, 0.15) is 41.9 Å². The SMILES string of the molecule is Cc1ccc(CN2CC[C@@H](N3CC[C@@H](c4ccc(OC(=O)CC(N)C(=O)O)cc4)[C@H](F)C3)C2=O)cc1. The zero-order valence-electron chi connectivity index (χ0n) is 20.3. The summed E-state index contributed by atoms with van der Waals surface area (Å²) in [5, 5.41) is 8.79. The standard InChI is InChI=1S/C27H32FN3O5/c1-17-2-4-18(5-3-17)15-31-13-11-24(26(31)33)30-12-10-21(22(28)16-30)19-6-8-20(9-7-19)36-25(32)14-23(29)27(34)35/h2-9,21-24H,10-16,29H2,1H3,(H,34,35)/t21-,22+,23?,24+/m0/s1. The molecule has 0 aromatic heterocycles. The van der Waals surface area contributed by atoms with Crippen molar-refractivity contribution in [2.45, 2.75) is 56.9 Å². The van der Waals surface area contributed by atoms with Crippen LogP contribution in [-0.2, 0) is 20.9 Å². The quantitative estimate of drug-likeness (QED) is 0.426. The molecule has 3 N–H and O–H groups in total. The highest BCUT2D eigenvalue weighted by molar-refractivity contribution is 5.84. The molecule has 2 aromatic carbocycles. The van der Waals surface area contributed by atoms with Crippen molar-refractivity contribution in [3.05, 3.63) is 65.2 Å². The summed E-state index contributed by atoms with van der Waals surface area (Å²) in [6.45, 7) is 4.10. The maximum absolute atomic E-state index is 15.3. The van der Waals surface area contributed by atoms with Crippen LogP contribution >= 0.6 is 0 Å². The minimum Gasteiger partial charge on any atom is -0.480 e. The third-order valence-electron chi connectivity index (χ3n) is 7.02. The molecule has 2 fully saturated rings. The lowest BCUT2D eigenvalue weighted by molar-refractivity contribution is -0.143. The molecule has 0 aliphatic carbocycles. The van der Waals surface area contributed by atoms with Crippen LogP contribution < -0.4 is 10.5 Å². The van der Waals surface area contributed by atoms with Gasteiger partial charge in [-0.1, -0.05) is 42.0 Å². The van der Waals surface area contributed by atoms with Crippen molar-refractivity contribution >= 4 is 17.8 Å². The fourth-order valence-corrected chi connectivity index (χ4v) is 4.94. The average molecular weight is 498 g/mol. The molecular weight excluding hydrogens is 465 g/mol. The van der Waals surface area contributed by atoms with E-state index in [0.29, 0.717) is 32.5 Å². The zero-order chi connectivity index (χ0) is 25.8. The van der Waals surface area contributed by atoms with E-state index in [1.165, 1.54) is 5.56 Å². The van der Waals surface area contributed by atoms with Gasteiger partial charge >= 0.3 is 11.9 Å². The minimum atomic E-state index is -1.32. The average Bonchev–Trinajstić information content (AvgIpc) is 3.20. The predicted molar refractivity (Wildman–Crippen MR) is 131 cm³/mol. The molecule has 0 radical (unpaired) electrons. The third-order valence-corrected chi connectivity index (χ3v) is 7.02. The number of carbonyl (C=O) groups is 3. The first-order chi connectivity index (χ1) is 17.2. The molecule has 4 rings (SSSR count). The predicted octanol–water partition coefficient (Wildman–Crippen LogP) is 2.63. The van der Waals surface area contributed by atoms with Crippen molar-refractivity contribution in [2.24, 2.45) is 5.73 Å². The molecule has 1 unspecified atom stereocenters. The van der Waals surface area contributed by atoms with Crippen LogP contribution in [0, 0.1) is 6.92 Å². The fraction of sp³-hybridized carbons (Fsp3) is 0.444. The second-order valence-electron chi connectivity index (χ2n) is 9.65. The highest BCUT2D eigenvalue weighted by atomic mass is 19.1. The Labute approximate surface area is 209 Å². The third kappa shape index (κ3) is 6.09. The number of benzene rings is 2. The number of ether oxygens (including phenoxy) is 1. The van der Waals surface area contributed by atoms with Crippen molar-refractivity contribution in [1.82, 2.24) is 9.80 Å². The van der Waals surface area contributed by atoms with Gasteiger partial charge in [-0.15, -0.1) is 0 Å². The maximum atomic E-state index is 15.3. The smallest absolute Gasteiger partial charge is 0.321 e. The van der Waals surface area contributed by atoms with Crippen LogP contribution in [0.3, 0.4) is 0 Å². The van der Waals surface area contributed by atoms with Gasteiger partial charge in [0.25, 0.3) is 0 Å². The highest BCUT2D eigenvalue weighted by Crippen LogP contribution is 2.34. The summed E-state index contributed by atoms with van der Waals surface area (Å²) in [7, 11) is 0. The van der Waals surface area contributed by atoms with Gasteiger partial charge in [-0.05, 0) is 49.6 Å². The first kappa shape index (κ1) is 25.8. The van der Waals surface area contributed by atoms with Gasteiger partial charge in [0.05, 0.1) is 12.5 Å². The summed E-state index contributed by atoms with van der Waals surface area (Å²) < 4.78 is 20.4. The Morgan fingerprint density at radius 3 is 2.44 bits per heavy atom. The zero-order valence-corrected chi connectivity index (χ0v) is 20.3. The number of amides is 1. The number of rotatable bonds is 8. The maximum Gasteiger partial charge on any atom is 0.321 e. The molecule has 4 atom stereocenters. The number of piperidine rings is 1. The second-order valence-corrected chi connectivity index (χ2v) is 9.65. The van der Waals surface area contributed by atoms with Gasteiger partial charge in [0.1, 0.15) is 18.0 Å². The van der Waals surface area contributed by atoms with E-state index in [9.17, 15) is 14.4 Å². The van der Waals surface area contributed by atoms with Crippen LogP contribution in [-0.4, -0.2) is 70.6 Å². The highest BCUT2D eigenvalue weighted by Gasteiger charge is 2.40. The number of nitrogens with two attached hydrogens (primary N) is 1. The monoisotopic (exact) mass is 497 g/mol. The Morgan fingerprint density at radius 1 is 1.11 bits per heavy atom. The first-order valence-corrected chi connectivity index (χ1v) is 12.2. The number of carboxylic acid groups (broad SMARTS) is 1. The van der Waals surface area contributed by atoms with E-state index in [1.54, 1.807) is 24.3 Å². The lowest BCUT2D eigenvalue weighted by Gasteiger charge is -2.37. The van der Waals surface area contributed by atoms with Gasteiger partial charge in [-0.2, -0.15) is 0 Å². The molecule has 2 saturated heterocycles. The first-order valence-electron chi connectivity index (χ1n) is 12.2. The van der Waals surface area contributed by atoms with E-state index in [-0.39, 0.29) is 30.2 Å². The van der Waals surface area contributed by atoms with Crippen LogP contribution in [0.2, 0.25) is 0 Å². The van der Waals surface area contributed by atoms with Crippen molar-refractivity contribution in [3.8, 4) is 5.75 Å². The fourth-order valence-electron chi connectivity index (χ4n) is 4.94. The number of carbonyl (C=O) groups excluding carboxylic acids is 2. The van der Waals surface area contributed by atoms with Gasteiger partial charge in [0, 0.05) is 25.6 Å². The van der Waals surface area contributed by atoms with Crippen molar-refractivity contribution < 1.29 is 28.6 Å². The summed E-state index contributed by atoms with van der Waals surface area (Å²) in [6.07, 6.45) is -0.284. The number of aliphatic carboxylic acids is 1. The summed E-state index contributed by atoms with van der Waals surface area (Å²) in [6, 6.07) is 13.1. The van der Waals surface area contributed by atoms with Crippen molar-refractivity contribution in [1.29, 1.82) is 0 Å². The number of carboxylic acids is 1. The van der Waals surface area contributed by atoms with Gasteiger partial charge in [0.2, 0.25) is 5.91 Å². The van der Waals surface area contributed by atoms with E-state index < -0.39 is 30.6 Å². The molecule has 2 heterocycles. The number of hydrogen-bond acceptors (Lipinski definition) is 6. The summed E-state index contributed by atoms with van der Waals surface area (Å²) in [5.41, 5.74) is 8.42. The van der Waals surface area contributed by atoms with Gasteiger partial charge in [-0.25, -0.2) is 4.39 Å². The molecule has 0 bridgehead atoms. The molecule has 9 heteroatoms. The number of nitrogens with zero attached hydrogens (tertiary/aromatic N) is 2. The Bertz CT molecular complexity index is 1090. The lowest BCUT2D eigenvalue weighted by atomic mass is 9.87. The van der Waals surface area contributed by atoms with Crippen LogP contribution in [0.5, 0.6) is 5.75 Å². The van der Waals surface area contributed by atoms with Gasteiger partial charge < -0.3 is 20.5 Å².